The molecule has 0 atom stereocenters. The number of rotatable bonds is 5. The van der Waals surface area contributed by atoms with Gasteiger partial charge in [-0.15, -0.1) is 0 Å². The SMILES string of the molecule is CN(C)C(=O)c1ccc(NCC2CCCC2)c([N+](=O)[O-])c1. The zero-order valence-corrected chi connectivity index (χ0v) is 12.5. The third-order valence-electron chi connectivity index (χ3n) is 3.90. The summed E-state index contributed by atoms with van der Waals surface area (Å²) in [5.41, 5.74) is 0.779. The molecule has 0 aliphatic heterocycles. The molecule has 0 heterocycles. The Balaban J connectivity index is 2.16. The van der Waals surface area contributed by atoms with Gasteiger partial charge in [0.15, 0.2) is 0 Å². The third kappa shape index (κ3) is 3.71. The summed E-state index contributed by atoms with van der Waals surface area (Å²) in [5.74, 6) is 0.355. The molecule has 1 aromatic carbocycles. The van der Waals surface area contributed by atoms with E-state index in [0.29, 0.717) is 17.2 Å². The van der Waals surface area contributed by atoms with E-state index >= 15 is 0 Å². The molecule has 1 fully saturated rings. The lowest BCUT2D eigenvalue weighted by molar-refractivity contribution is -0.384. The number of nitro groups is 1. The van der Waals surface area contributed by atoms with Gasteiger partial charge in [-0.3, -0.25) is 14.9 Å². The maximum absolute atomic E-state index is 11.9. The molecule has 0 spiro atoms. The molecule has 0 radical (unpaired) electrons. The summed E-state index contributed by atoms with van der Waals surface area (Å²) in [6, 6.07) is 4.61. The molecule has 1 aliphatic carbocycles. The number of nitrogens with zero attached hydrogens (tertiary/aromatic N) is 2. The Morgan fingerprint density at radius 3 is 2.62 bits per heavy atom. The van der Waals surface area contributed by atoms with Crippen molar-refractivity contribution in [2.45, 2.75) is 25.7 Å². The van der Waals surface area contributed by atoms with E-state index in [4.69, 9.17) is 0 Å². The van der Waals surface area contributed by atoms with E-state index < -0.39 is 4.92 Å². The molecule has 0 saturated heterocycles. The number of hydrogen-bond acceptors (Lipinski definition) is 4. The molecule has 1 aliphatic rings. The fraction of sp³-hybridized carbons (Fsp3) is 0.533. The topological polar surface area (TPSA) is 75.5 Å². The summed E-state index contributed by atoms with van der Waals surface area (Å²) < 4.78 is 0. The number of nitrogens with one attached hydrogen (secondary N) is 1. The molecule has 1 N–H and O–H groups in total. The van der Waals surface area contributed by atoms with E-state index in [2.05, 4.69) is 5.32 Å². The van der Waals surface area contributed by atoms with E-state index in [1.807, 2.05) is 0 Å². The van der Waals surface area contributed by atoms with Gasteiger partial charge in [0.05, 0.1) is 4.92 Å². The largest absolute Gasteiger partial charge is 0.379 e. The lowest BCUT2D eigenvalue weighted by Gasteiger charge is -2.14. The van der Waals surface area contributed by atoms with Crippen molar-refractivity contribution >= 4 is 17.3 Å². The standard InChI is InChI=1S/C15H21N3O3/c1-17(2)15(19)12-7-8-13(14(9-12)18(20)21)16-10-11-5-3-4-6-11/h7-9,11,16H,3-6,10H2,1-2H3. The third-order valence-corrected chi connectivity index (χ3v) is 3.90. The highest BCUT2D eigenvalue weighted by Crippen LogP contribution is 2.29. The van der Waals surface area contributed by atoms with Crippen LogP contribution in [0.1, 0.15) is 36.0 Å². The molecular weight excluding hydrogens is 270 g/mol. The number of amides is 1. The molecule has 1 amide bonds. The lowest BCUT2D eigenvalue weighted by atomic mass is 10.1. The van der Waals surface area contributed by atoms with E-state index in [0.717, 1.165) is 6.54 Å². The van der Waals surface area contributed by atoms with Crippen molar-refractivity contribution in [1.29, 1.82) is 0 Å². The predicted octanol–water partition coefficient (Wildman–Crippen LogP) is 2.90. The molecule has 0 bridgehead atoms. The highest BCUT2D eigenvalue weighted by Gasteiger charge is 2.20. The summed E-state index contributed by atoms with van der Waals surface area (Å²) in [6.07, 6.45) is 4.84. The van der Waals surface area contributed by atoms with Crippen molar-refractivity contribution in [3.63, 3.8) is 0 Å². The van der Waals surface area contributed by atoms with Gasteiger partial charge in [-0.25, -0.2) is 0 Å². The quantitative estimate of drug-likeness (QED) is 0.668. The Hall–Kier alpha value is -2.11. The molecular formula is C15H21N3O3. The van der Waals surface area contributed by atoms with Crippen LogP contribution in [0.2, 0.25) is 0 Å². The number of benzene rings is 1. The van der Waals surface area contributed by atoms with Crippen LogP contribution < -0.4 is 5.32 Å². The van der Waals surface area contributed by atoms with Crippen LogP contribution >= 0.6 is 0 Å². The number of carbonyl (C=O) groups excluding carboxylic acids is 1. The zero-order valence-electron chi connectivity index (χ0n) is 12.5. The first-order chi connectivity index (χ1) is 9.99. The fourth-order valence-electron chi connectivity index (χ4n) is 2.69. The van der Waals surface area contributed by atoms with Crippen molar-refractivity contribution in [2.75, 3.05) is 26.0 Å². The molecule has 1 aromatic rings. The Morgan fingerprint density at radius 1 is 1.38 bits per heavy atom. The van der Waals surface area contributed by atoms with Crippen LogP contribution in [0.5, 0.6) is 0 Å². The number of anilines is 1. The second kappa shape index (κ2) is 6.56. The second-order valence-corrected chi connectivity index (χ2v) is 5.72. The number of nitro benzene ring substituents is 1. The molecule has 0 unspecified atom stereocenters. The molecule has 0 aromatic heterocycles. The number of hydrogen-bond donors (Lipinski definition) is 1. The Bertz CT molecular complexity index is 537. The number of carbonyl (C=O) groups is 1. The minimum Gasteiger partial charge on any atom is -0.379 e. The van der Waals surface area contributed by atoms with Gasteiger partial charge in [0.2, 0.25) is 0 Å². The summed E-state index contributed by atoms with van der Waals surface area (Å²) in [6.45, 7) is 0.752. The monoisotopic (exact) mass is 291 g/mol. The Labute approximate surface area is 124 Å². The smallest absolute Gasteiger partial charge is 0.293 e. The lowest BCUT2D eigenvalue weighted by Crippen LogP contribution is -2.22. The van der Waals surface area contributed by atoms with Crippen molar-refractivity contribution < 1.29 is 9.72 Å². The van der Waals surface area contributed by atoms with Gasteiger partial charge in [0.1, 0.15) is 5.69 Å². The highest BCUT2D eigenvalue weighted by molar-refractivity contribution is 5.95. The van der Waals surface area contributed by atoms with E-state index in [1.54, 1.807) is 26.2 Å². The molecule has 6 heteroatoms. The Morgan fingerprint density at radius 2 is 2.05 bits per heavy atom. The maximum atomic E-state index is 11.9. The van der Waals surface area contributed by atoms with E-state index in [-0.39, 0.29) is 11.6 Å². The first-order valence-electron chi connectivity index (χ1n) is 7.23. The predicted molar refractivity (Wildman–Crippen MR) is 81.6 cm³/mol. The second-order valence-electron chi connectivity index (χ2n) is 5.72. The summed E-state index contributed by atoms with van der Waals surface area (Å²) >= 11 is 0. The van der Waals surface area contributed by atoms with Gasteiger partial charge in [-0.05, 0) is 30.9 Å². The summed E-state index contributed by atoms with van der Waals surface area (Å²) in [4.78, 5) is 24.1. The van der Waals surface area contributed by atoms with Crippen molar-refractivity contribution in [1.82, 2.24) is 4.90 Å². The minimum atomic E-state index is -0.441. The van der Waals surface area contributed by atoms with Crippen LogP contribution in [0.3, 0.4) is 0 Å². The van der Waals surface area contributed by atoms with Gasteiger partial charge >= 0.3 is 0 Å². The fourth-order valence-corrected chi connectivity index (χ4v) is 2.69. The van der Waals surface area contributed by atoms with E-state index in [1.165, 1.54) is 36.6 Å². The molecule has 21 heavy (non-hydrogen) atoms. The van der Waals surface area contributed by atoms with Gasteiger partial charge in [-0.1, -0.05) is 12.8 Å². The van der Waals surface area contributed by atoms with E-state index in [9.17, 15) is 14.9 Å². The normalized spacial score (nSPS) is 15.0. The van der Waals surface area contributed by atoms with Crippen LogP contribution in [0.4, 0.5) is 11.4 Å². The maximum Gasteiger partial charge on any atom is 0.293 e. The van der Waals surface area contributed by atoms with Crippen molar-refractivity contribution in [3.05, 3.63) is 33.9 Å². The van der Waals surface area contributed by atoms with Gasteiger partial charge in [-0.2, -0.15) is 0 Å². The van der Waals surface area contributed by atoms with Crippen LogP contribution in [0.25, 0.3) is 0 Å². The molecule has 6 nitrogen and oxygen atoms in total. The van der Waals surface area contributed by atoms with Crippen molar-refractivity contribution in [2.24, 2.45) is 5.92 Å². The molecule has 1 saturated carbocycles. The first-order valence-corrected chi connectivity index (χ1v) is 7.23. The van der Waals surface area contributed by atoms with Gasteiger partial charge in [0.25, 0.3) is 11.6 Å². The van der Waals surface area contributed by atoms with Crippen LogP contribution in [0.15, 0.2) is 18.2 Å². The van der Waals surface area contributed by atoms with Gasteiger partial charge < -0.3 is 10.2 Å². The minimum absolute atomic E-state index is 0.0410. The van der Waals surface area contributed by atoms with Crippen LogP contribution in [-0.2, 0) is 0 Å². The molecule has 114 valence electrons. The Kier molecular flexibility index (Phi) is 4.77. The average Bonchev–Trinajstić information content (AvgIpc) is 2.97. The van der Waals surface area contributed by atoms with Crippen molar-refractivity contribution in [3.8, 4) is 0 Å². The summed E-state index contributed by atoms with van der Waals surface area (Å²) in [7, 11) is 3.25. The average molecular weight is 291 g/mol. The zero-order chi connectivity index (χ0) is 15.4. The van der Waals surface area contributed by atoms with Crippen LogP contribution in [0, 0.1) is 16.0 Å². The molecule has 2 rings (SSSR count). The highest BCUT2D eigenvalue weighted by atomic mass is 16.6. The summed E-state index contributed by atoms with van der Waals surface area (Å²) in [5, 5.41) is 14.4. The first kappa shape index (κ1) is 15.3. The van der Waals surface area contributed by atoms with Crippen LogP contribution in [-0.4, -0.2) is 36.4 Å². The van der Waals surface area contributed by atoms with Gasteiger partial charge in [0, 0.05) is 32.3 Å².